The third-order valence-corrected chi connectivity index (χ3v) is 2.96. The molecule has 2 aromatic carbocycles. The average molecular weight is 295 g/mol. The molecule has 0 aliphatic heterocycles. The summed E-state index contributed by atoms with van der Waals surface area (Å²) in [5.41, 5.74) is 4.73. The number of benzene rings is 2. The lowest BCUT2D eigenvalue weighted by atomic mass is 9.99. The molecule has 21 heavy (non-hydrogen) atoms. The van der Waals surface area contributed by atoms with E-state index in [1.807, 2.05) is 0 Å². The van der Waals surface area contributed by atoms with E-state index >= 15 is 0 Å². The van der Waals surface area contributed by atoms with E-state index in [9.17, 15) is 18.0 Å². The summed E-state index contributed by atoms with van der Waals surface area (Å²) >= 11 is 0. The largest absolute Gasteiger partial charge is 0.497 e. The van der Waals surface area contributed by atoms with Gasteiger partial charge in [0.1, 0.15) is 5.75 Å². The van der Waals surface area contributed by atoms with Gasteiger partial charge in [-0.25, -0.2) is 0 Å². The van der Waals surface area contributed by atoms with Crippen molar-refractivity contribution in [1.29, 1.82) is 0 Å². The molecule has 0 bridgehead atoms. The molecule has 0 unspecified atom stereocenters. The topological polar surface area (TPSA) is 52.3 Å². The summed E-state index contributed by atoms with van der Waals surface area (Å²) in [6.07, 6.45) is -4.53. The number of nitrogen functional groups attached to an aromatic ring is 1. The number of ketones is 1. The zero-order valence-electron chi connectivity index (χ0n) is 11.1. The van der Waals surface area contributed by atoms with Crippen molar-refractivity contribution >= 4 is 11.5 Å². The highest BCUT2D eigenvalue weighted by Gasteiger charge is 2.31. The van der Waals surface area contributed by atoms with E-state index in [0.717, 1.165) is 18.2 Å². The van der Waals surface area contributed by atoms with Gasteiger partial charge in [-0.15, -0.1) is 0 Å². The summed E-state index contributed by atoms with van der Waals surface area (Å²) in [7, 11) is 1.43. The molecule has 0 saturated heterocycles. The van der Waals surface area contributed by atoms with Crippen LogP contribution < -0.4 is 10.5 Å². The van der Waals surface area contributed by atoms with Crippen molar-refractivity contribution in [3.63, 3.8) is 0 Å². The normalized spacial score (nSPS) is 11.2. The fraction of sp³-hybridized carbons (Fsp3) is 0.133. The Morgan fingerprint density at radius 2 is 1.86 bits per heavy atom. The highest BCUT2D eigenvalue weighted by molar-refractivity contribution is 6.12. The van der Waals surface area contributed by atoms with Crippen LogP contribution in [0.1, 0.15) is 21.5 Å². The molecule has 0 fully saturated rings. The maximum Gasteiger partial charge on any atom is 0.416 e. The standard InChI is InChI=1S/C15H12F3NO2/c1-21-11-4-2-3-9(7-11)14(20)12-8-10(15(16,17)18)5-6-13(12)19/h2-8H,19H2,1H3. The first-order valence-electron chi connectivity index (χ1n) is 5.98. The molecule has 2 rings (SSSR count). The van der Waals surface area contributed by atoms with Crippen LogP contribution in [0.4, 0.5) is 18.9 Å². The van der Waals surface area contributed by atoms with Crippen molar-refractivity contribution in [2.45, 2.75) is 6.18 Å². The molecule has 3 nitrogen and oxygen atoms in total. The quantitative estimate of drug-likeness (QED) is 0.696. The van der Waals surface area contributed by atoms with Crippen LogP contribution in [0.25, 0.3) is 0 Å². The molecule has 0 atom stereocenters. The predicted molar refractivity (Wildman–Crippen MR) is 72.3 cm³/mol. The smallest absolute Gasteiger partial charge is 0.416 e. The number of alkyl halides is 3. The van der Waals surface area contributed by atoms with E-state index in [2.05, 4.69) is 0 Å². The van der Waals surface area contributed by atoms with Crippen LogP contribution in [-0.4, -0.2) is 12.9 Å². The van der Waals surface area contributed by atoms with Crippen LogP contribution in [0, 0.1) is 0 Å². The number of nitrogens with two attached hydrogens (primary N) is 1. The van der Waals surface area contributed by atoms with Gasteiger partial charge < -0.3 is 10.5 Å². The summed E-state index contributed by atoms with van der Waals surface area (Å²) in [5, 5.41) is 0. The molecular weight excluding hydrogens is 283 g/mol. The summed E-state index contributed by atoms with van der Waals surface area (Å²) in [6.45, 7) is 0. The minimum atomic E-state index is -4.53. The SMILES string of the molecule is COc1cccc(C(=O)c2cc(C(F)(F)F)ccc2N)c1. The fourth-order valence-electron chi connectivity index (χ4n) is 1.85. The zero-order chi connectivity index (χ0) is 15.6. The van der Waals surface area contributed by atoms with Crippen molar-refractivity contribution in [1.82, 2.24) is 0 Å². The van der Waals surface area contributed by atoms with E-state index in [0.29, 0.717) is 5.75 Å². The Morgan fingerprint density at radius 3 is 2.48 bits per heavy atom. The molecule has 0 amide bonds. The van der Waals surface area contributed by atoms with Gasteiger partial charge in [0.2, 0.25) is 0 Å². The fourth-order valence-corrected chi connectivity index (χ4v) is 1.85. The highest BCUT2D eigenvalue weighted by atomic mass is 19.4. The van der Waals surface area contributed by atoms with Crippen molar-refractivity contribution in [2.75, 3.05) is 12.8 Å². The van der Waals surface area contributed by atoms with Crippen molar-refractivity contribution in [2.24, 2.45) is 0 Å². The number of ether oxygens (including phenoxy) is 1. The Hall–Kier alpha value is -2.50. The number of methoxy groups -OCH3 is 1. The minimum absolute atomic E-state index is 0.00387. The number of carbonyl (C=O) groups excluding carboxylic acids is 1. The van der Waals surface area contributed by atoms with Crippen molar-refractivity contribution in [3.8, 4) is 5.75 Å². The molecule has 0 saturated carbocycles. The van der Waals surface area contributed by atoms with E-state index in [1.165, 1.54) is 19.2 Å². The molecule has 0 radical (unpaired) electrons. The van der Waals surface area contributed by atoms with Crippen LogP contribution in [0.3, 0.4) is 0 Å². The second-order valence-electron chi connectivity index (χ2n) is 4.36. The van der Waals surface area contributed by atoms with E-state index < -0.39 is 17.5 Å². The minimum Gasteiger partial charge on any atom is -0.497 e. The van der Waals surface area contributed by atoms with Gasteiger partial charge in [-0.05, 0) is 30.3 Å². The Morgan fingerprint density at radius 1 is 1.14 bits per heavy atom. The van der Waals surface area contributed by atoms with Crippen LogP contribution in [-0.2, 0) is 6.18 Å². The number of rotatable bonds is 3. The third kappa shape index (κ3) is 3.16. The van der Waals surface area contributed by atoms with Crippen LogP contribution in [0.5, 0.6) is 5.75 Å². The van der Waals surface area contributed by atoms with E-state index in [4.69, 9.17) is 10.5 Å². The average Bonchev–Trinajstić information content (AvgIpc) is 2.46. The monoisotopic (exact) mass is 295 g/mol. The van der Waals surface area contributed by atoms with Gasteiger partial charge in [0.25, 0.3) is 0 Å². The molecule has 0 spiro atoms. The zero-order valence-corrected chi connectivity index (χ0v) is 11.1. The molecule has 0 aliphatic rings. The maximum absolute atomic E-state index is 12.7. The molecule has 0 aromatic heterocycles. The molecular formula is C15H12F3NO2. The number of hydrogen-bond acceptors (Lipinski definition) is 3. The van der Waals surface area contributed by atoms with Gasteiger partial charge in [-0.3, -0.25) is 4.79 Å². The summed E-state index contributed by atoms with van der Waals surface area (Å²) in [5.74, 6) is -0.149. The number of halogens is 3. The van der Waals surface area contributed by atoms with Gasteiger partial charge in [0.05, 0.1) is 12.7 Å². The first-order valence-corrected chi connectivity index (χ1v) is 5.98. The highest BCUT2D eigenvalue weighted by Crippen LogP contribution is 2.32. The van der Waals surface area contributed by atoms with Gasteiger partial charge in [-0.2, -0.15) is 13.2 Å². The lowest BCUT2D eigenvalue weighted by Crippen LogP contribution is -2.10. The van der Waals surface area contributed by atoms with Crippen molar-refractivity contribution < 1.29 is 22.7 Å². The Balaban J connectivity index is 2.47. The Bertz CT molecular complexity index is 681. The van der Waals surface area contributed by atoms with Crippen LogP contribution >= 0.6 is 0 Å². The van der Waals surface area contributed by atoms with E-state index in [-0.39, 0.29) is 16.8 Å². The second kappa shape index (κ2) is 5.47. The first kappa shape index (κ1) is 14.9. The van der Waals surface area contributed by atoms with E-state index in [1.54, 1.807) is 12.1 Å². The summed E-state index contributed by atoms with van der Waals surface area (Å²) in [4.78, 5) is 12.3. The maximum atomic E-state index is 12.7. The lowest BCUT2D eigenvalue weighted by Gasteiger charge is -2.11. The Labute approximate surface area is 119 Å². The molecule has 110 valence electrons. The first-order chi connectivity index (χ1) is 9.82. The molecule has 0 aliphatic carbocycles. The predicted octanol–water partition coefficient (Wildman–Crippen LogP) is 3.53. The molecule has 2 N–H and O–H groups in total. The number of carbonyl (C=O) groups is 1. The molecule has 0 heterocycles. The lowest BCUT2D eigenvalue weighted by molar-refractivity contribution is -0.137. The summed E-state index contributed by atoms with van der Waals surface area (Å²) < 4.78 is 43.1. The van der Waals surface area contributed by atoms with Crippen LogP contribution in [0.15, 0.2) is 42.5 Å². The van der Waals surface area contributed by atoms with Crippen molar-refractivity contribution in [3.05, 3.63) is 59.2 Å². The molecule has 6 heteroatoms. The summed E-state index contributed by atoms with van der Waals surface area (Å²) in [6, 6.07) is 8.83. The third-order valence-electron chi connectivity index (χ3n) is 2.96. The van der Waals surface area contributed by atoms with Gasteiger partial charge in [0, 0.05) is 16.8 Å². The molecule has 2 aromatic rings. The van der Waals surface area contributed by atoms with Gasteiger partial charge >= 0.3 is 6.18 Å². The Kier molecular flexibility index (Phi) is 3.88. The second-order valence-corrected chi connectivity index (χ2v) is 4.36. The van der Waals surface area contributed by atoms with Crippen LogP contribution in [0.2, 0.25) is 0 Å². The van der Waals surface area contributed by atoms with Gasteiger partial charge in [0.15, 0.2) is 5.78 Å². The van der Waals surface area contributed by atoms with Gasteiger partial charge in [-0.1, -0.05) is 12.1 Å². The number of anilines is 1. The number of hydrogen-bond donors (Lipinski definition) is 1.